The van der Waals surface area contributed by atoms with Gasteiger partial charge in [0.15, 0.2) is 0 Å². The highest BCUT2D eigenvalue weighted by Crippen LogP contribution is 2.26. The fourth-order valence-electron chi connectivity index (χ4n) is 2.84. The fraction of sp³-hybridized carbons (Fsp3) is 0.556. The van der Waals surface area contributed by atoms with Gasteiger partial charge in [-0.2, -0.15) is 0 Å². The van der Waals surface area contributed by atoms with E-state index in [1.165, 1.54) is 11.8 Å². The minimum Gasteiger partial charge on any atom is -0.497 e. The van der Waals surface area contributed by atoms with Crippen LogP contribution in [0.1, 0.15) is 19.8 Å². The van der Waals surface area contributed by atoms with Crippen molar-refractivity contribution < 1.29 is 24.2 Å². The van der Waals surface area contributed by atoms with Crippen molar-refractivity contribution in [1.82, 2.24) is 5.32 Å². The molecular formula is C18H25NO5S. The van der Waals surface area contributed by atoms with Gasteiger partial charge in [0.25, 0.3) is 0 Å². The van der Waals surface area contributed by atoms with Gasteiger partial charge in [-0.3, -0.25) is 9.59 Å². The van der Waals surface area contributed by atoms with E-state index in [1.54, 1.807) is 7.11 Å². The van der Waals surface area contributed by atoms with E-state index in [1.807, 2.05) is 31.2 Å². The van der Waals surface area contributed by atoms with Crippen LogP contribution in [0.15, 0.2) is 29.2 Å². The summed E-state index contributed by atoms with van der Waals surface area (Å²) in [6.45, 7) is 3.15. The topological polar surface area (TPSA) is 84.9 Å². The zero-order chi connectivity index (χ0) is 18.2. The summed E-state index contributed by atoms with van der Waals surface area (Å²) < 4.78 is 10.4. The first-order chi connectivity index (χ1) is 12.0. The van der Waals surface area contributed by atoms with E-state index in [0.717, 1.165) is 23.5 Å². The van der Waals surface area contributed by atoms with Crippen molar-refractivity contribution in [1.29, 1.82) is 0 Å². The molecule has 1 fully saturated rings. The Morgan fingerprint density at radius 1 is 1.32 bits per heavy atom. The smallest absolute Gasteiger partial charge is 0.308 e. The van der Waals surface area contributed by atoms with Crippen LogP contribution >= 0.6 is 11.8 Å². The SMILES string of the molecule is COc1ccc(SC(C)C(=O)NCC(C(=O)O)C2CCOCC2)cc1. The molecule has 1 aliphatic heterocycles. The Bertz CT molecular complexity index is 571. The highest BCUT2D eigenvalue weighted by Gasteiger charge is 2.30. The Labute approximate surface area is 152 Å². The number of hydrogen-bond donors (Lipinski definition) is 2. The van der Waals surface area contributed by atoms with Crippen LogP contribution in [0.5, 0.6) is 5.75 Å². The number of methoxy groups -OCH3 is 1. The van der Waals surface area contributed by atoms with E-state index in [0.29, 0.717) is 13.2 Å². The van der Waals surface area contributed by atoms with E-state index in [4.69, 9.17) is 9.47 Å². The van der Waals surface area contributed by atoms with Gasteiger partial charge in [-0.05, 0) is 49.9 Å². The maximum absolute atomic E-state index is 12.3. The molecule has 1 aromatic carbocycles. The van der Waals surface area contributed by atoms with Crippen LogP contribution in [0.2, 0.25) is 0 Å². The van der Waals surface area contributed by atoms with E-state index < -0.39 is 11.9 Å². The van der Waals surface area contributed by atoms with E-state index in [-0.39, 0.29) is 23.6 Å². The molecule has 0 aromatic heterocycles. The monoisotopic (exact) mass is 367 g/mol. The van der Waals surface area contributed by atoms with Gasteiger partial charge in [0, 0.05) is 24.7 Å². The van der Waals surface area contributed by atoms with Crippen LogP contribution in [0.3, 0.4) is 0 Å². The third kappa shape index (κ3) is 5.93. The van der Waals surface area contributed by atoms with E-state index in [2.05, 4.69) is 5.32 Å². The molecule has 2 rings (SSSR count). The van der Waals surface area contributed by atoms with Crippen molar-refractivity contribution in [2.75, 3.05) is 26.9 Å². The number of ether oxygens (including phenoxy) is 2. The number of amides is 1. The molecular weight excluding hydrogens is 342 g/mol. The molecule has 0 radical (unpaired) electrons. The van der Waals surface area contributed by atoms with Gasteiger partial charge in [-0.1, -0.05) is 0 Å². The number of hydrogen-bond acceptors (Lipinski definition) is 5. The highest BCUT2D eigenvalue weighted by molar-refractivity contribution is 8.00. The van der Waals surface area contributed by atoms with Gasteiger partial charge in [0.05, 0.1) is 18.3 Å². The molecule has 1 amide bonds. The Morgan fingerprint density at radius 2 is 1.96 bits per heavy atom. The molecule has 2 unspecified atom stereocenters. The quantitative estimate of drug-likeness (QED) is 0.687. The average molecular weight is 367 g/mol. The number of carbonyl (C=O) groups is 2. The second kappa shape index (κ2) is 9.68. The number of rotatable bonds is 8. The van der Waals surface area contributed by atoms with Gasteiger partial charge in [-0.25, -0.2) is 0 Å². The van der Waals surface area contributed by atoms with Crippen molar-refractivity contribution in [2.24, 2.45) is 11.8 Å². The first-order valence-electron chi connectivity index (χ1n) is 8.40. The summed E-state index contributed by atoms with van der Waals surface area (Å²) in [7, 11) is 1.61. The molecule has 0 aliphatic carbocycles. The fourth-order valence-corrected chi connectivity index (χ4v) is 3.73. The zero-order valence-electron chi connectivity index (χ0n) is 14.6. The molecule has 1 aliphatic rings. The molecule has 1 aromatic rings. The van der Waals surface area contributed by atoms with Crippen LogP contribution in [0.4, 0.5) is 0 Å². The summed E-state index contributed by atoms with van der Waals surface area (Å²) in [5, 5.41) is 11.9. The predicted octanol–water partition coefficient (Wildman–Crippen LogP) is 2.42. The van der Waals surface area contributed by atoms with Gasteiger partial charge in [0.2, 0.25) is 5.91 Å². The summed E-state index contributed by atoms with van der Waals surface area (Å²) in [5.41, 5.74) is 0. The Morgan fingerprint density at radius 3 is 2.52 bits per heavy atom. The number of carboxylic acid groups (broad SMARTS) is 1. The van der Waals surface area contributed by atoms with Crippen molar-refractivity contribution in [3.8, 4) is 5.75 Å². The average Bonchev–Trinajstić information content (AvgIpc) is 2.63. The van der Waals surface area contributed by atoms with Crippen LogP contribution in [-0.2, 0) is 14.3 Å². The molecule has 0 saturated carbocycles. The molecule has 2 N–H and O–H groups in total. The lowest BCUT2D eigenvalue weighted by atomic mass is 9.86. The Hall–Kier alpha value is -1.73. The third-order valence-corrected chi connectivity index (χ3v) is 5.50. The molecule has 138 valence electrons. The van der Waals surface area contributed by atoms with Gasteiger partial charge >= 0.3 is 5.97 Å². The number of carbonyl (C=O) groups excluding carboxylic acids is 1. The van der Waals surface area contributed by atoms with Crippen molar-refractivity contribution in [3.63, 3.8) is 0 Å². The van der Waals surface area contributed by atoms with Crippen molar-refractivity contribution in [2.45, 2.75) is 29.9 Å². The zero-order valence-corrected chi connectivity index (χ0v) is 15.4. The second-order valence-electron chi connectivity index (χ2n) is 6.08. The van der Waals surface area contributed by atoms with Crippen LogP contribution in [0.25, 0.3) is 0 Å². The number of nitrogens with one attached hydrogen (secondary N) is 1. The summed E-state index contributed by atoms with van der Waals surface area (Å²) in [6.07, 6.45) is 1.45. The summed E-state index contributed by atoms with van der Waals surface area (Å²) in [6, 6.07) is 7.49. The lowest BCUT2D eigenvalue weighted by molar-refractivity contribution is -0.144. The summed E-state index contributed by atoms with van der Waals surface area (Å²) >= 11 is 1.43. The first-order valence-corrected chi connectivity index (χ1v) is 9.28. The second-order valence-corrected chi connectivity index (χ2v) is 7.49. The molecule has 2 atom stereocenters. The third-order valence-electron chi connectivity index (χ3n) is 4.39. The maximum Gasteiger partial charge on any atom is 0.308 e. The summed E-state index contributed by atoms with van der Waals surface area (Å²) in [5.74, 6) is -0.758. The molecule has 1 heterocycles. The number of thioether (sulfide) groups is 1. The van der Waals surface area contributed by atoms with Crippen LogP contribution < -0.4 is 10.1 Å². The van der Waals surface area contributed by atoms with Crippen molar-refractivity contribution >= 4 is 23.6 Å². The minimum atomic E-state index is -0.859. The molecule has 25 heavy (non-hydrogen) atoms. The van der Waals surface area contributed by atoms with Crippen LogP contribution in [0, 0.1) is 11.8 Å². The standard InChI is InChI=1S/C18H25NO5S/c1-12(25-15-5-3-14(23-2)4-6-15)17(20)19-11-16(18(21)22)13-7-9-24-10-8-13/h3-6,12-13,16H,7-11H2,1-2H3,(H,19,20)(H,21,22). The molecule has 1 saturated heterocycles. The van der Waals surface area contributed by atoms with Crippen molar-refractivity contribution in [3.05, 3.63) is 24.3 Å². The maximum atomic E-state index is 12.3. The Kier molecular flexibility index (Phi) is 7.58. The molecule has 6 nitrogen and oxygen atoms in total. The molecule has 7 heteroatoms. The lowest BCUT2D eigenvalue weighted by Gasteiger charge is -2.28. The van der Waals surface area contributed by atoms with Gasteiger partial charge in [-0.15, -0.1) is 11.8 Å². The molecule has 0 spiro atoms. The highest BCUT2D eigenvalue weighted by atomic mass is 32.2. The number of aliphatic carboxylic acids is 1. The van der Waals surface area contributed by atoms with Crippen LogP contribution in [-0.4, -0.2) is 49.1 Å². The van der Waals surface area contributed by atoms with Gasteiger partial charge in [0.1, 0.15) is 5.75 Å². The number of carboxylic acids is 1. The van der Waals surface area contributed by atoms with E-state index >= 15 is 0 Å². The normalized spacial score (nSPS) is 17.5. The summed E-state index contributed by atoms with van der Waals surface area (Å²) in [4.78, 5) is 24.8. The largest absolute Gasteiger partial charge is 0.497 e. The minimum absolute atomic E-state index is 0.0519. The number of benzene rings is 1. The van der Waals surface area contributed by atoms with Gasteiger partial charge < -0.3 is 19.9 Å². The molecule has 0 bridgehead atoms. The first kappa shape index (κ1) is 19.6. The van der Waals surface area contributed by atoms with E-state index in [9.17, 15) is 14.7 Å². The lowest BCUT2D eigenvalue weighted by Crippen LogP contribution is -2.41. The predicted molar refractivity (Wildman–Crippen MR) is 96.0 cm³/mol. The Balaban J connectivity index is 1.85.